The van der Waals surface area contributed by atoms with Crippen LogP contribution in [0, 0.1) is 0 Å². The summed E-state index contributed by atoms with van der Waals surface area (Å²) in [6.07, 6.45) is 0. The molecule has 0 radical (unpaired) electrons. The van der Waals surface area contributed by atoms with Gasteiger partial charge in [-0.1, -0.05) is 81.4 Å². The molecule has 4 aromatic rings. The van der Waals surface area contributed by atoms with Gasteiger partial charge in [0.25, 0.3) is 5.91 Å². The minimum atomic E-state index is -0.0248. The van der Waals surface area contributed by atoms with Crippen molar-refractivity contribution in [3.8, 4) is 11.3 Å². The normalized spacial score (nSPS) is 11.6. The Labute approximate surface area is 188 Å². The molecule has 0 bridgehead atoms. The third kappa shape index (κ3) is 4.86. The van der Waals surface area contributed by atoms with Gasteiger partial charge in [0.05, 0.1) is 5.69 Å². The Bertz CT molecular complexity index is 1170. The Morgan fingerprint density at radius 1 is 0.903 bits per heavy atom. The van der Waals surface area contributed by atoms with Crippen molar-refractivity contribution in [2.45, 2.75) is 31.1 Å². The van der Waals surface area contributed by atoms with E-state index in [4.69, 9.17) is 0 Å². The molecule has 4 heteroatoms. The summed E-state index contributed by atoms with van der Waals surface area (Å²) in [4.78, 5) is 17.3. The van der Waals surface area contributed by atoms with Crippen molar-refractivity contribution in [1.82, 2.24) is 10.3 Å². The molecule has 0 aliphatic carbocycles. The number of hydrogen-bond donors (Lipinski definition) is 2. The summed E-state index contributed by atoms with van der Waals surface area (Å²) in [5.74, 6) is 0.774. The van der Waals surface area contributed by atoms with Gasteiger partial charge >= 0.3 is 0 Å². The Morgan fingerprint density at radius 2 is 1.58 bits per heavy atom. The maximum Gasteiger partial charge on any atom is 0.251 e. The standard InChI is InChI=1S/C27H28N2OS/c1-27(2,3)21-15-13-20(14-16-21)26(30)28-17-18-31-25-22-11-7-8-12-23(22)29-24(25)19-9-5-4-6-10-19/h4-16,29H,17-18H2,1-3H3,(H,28,30). The first-order chi connectivity index (χ1) is 14.9. The first-order valence-corrected chi connectivity index (χ1v) is 11.6. The fourth-order valence-corrected chi connectivity index (χ4v) is 4.67. The number of nitrogens with one attached hydrogen (secondary N) is 2. The maximum atomic E-state index is 12.5. The van der Waals surface area contributed by atoms with E-state index in [-0.39, 0.29) is 11.3 Å². The van der Waals surface area contributed by atoms with E-state index in [1.165, 1.54) is 21.4 Å². The number of para-hydroxylation sites is 1. The lowest BCUT2D eigenvalue weighted by molar-refractivity contribution is 0.0956. The maximum absolute atomic E-state index is 12.5. The summed E-state index contributed by atoms with van der Waals surface area (Å²) in [7, 11) is 0. The SMILES string of the molecule is CC(C)(C)c1ccc(C(=O)NCCSc2c(-c3ccccc3)[nH]c3ccccc23)cc1. The smallest absolute Gasteiger partial charge is 0.251 e. The molecule has 0 saturated carbocycles. The zero-order chi connectivity index (χ0) is 21.8. The third-order valence-electron chi connectivity index (χ3n) is 5.37. The van der Waals surface area contributed by atoms with Gasteiger partial charge in [0, 0.05) is 33.7 Å². The minimum Gasteiger partial charge on any atom is -0.354 e. The topological polar surface area (TPSA) is 44.9 Å². The molecule has 0 saturated heterocycles. The molecule has 31 heavy (non-hydrogen) atoms. The molecule has 0 atom stereocenters. The van der Waals surface area contributed by atoms with Gasteiger partial charge in [-0.05, 0) is 34.7 Å². The predicted molar refractivity (Wildman–Crippen MR) is 132 cm³/mol. The van der Waals surface area contributed by atoms with Crippen LogP contribution in [-0.4, -0.2) is 23.2 Å². The summed E-state index contributed by atoms with van der Waals surface area (Å²) in [5.41, 5.74) is 5.45. The van der Waals surface area contributed by atoms with Crippen LogP contribution in [-0.2, 0) is 5.41 Å². The second-order valence-corrected chi connectivity index (χ2v) is 9.78. The zero-order valence-electron chi connectivity index (χ0n) is 18.2. The van der Waals surface area contributed by atoms with E-state index in [1.807, 2.05) is 36.4 Å². The Kier molecular flexibility index (Phi) is 6.19. The first-order valence-electron chi connectivity index (χ1n) is 10.6. The number of hydrogen-bond acceptors (Lipinski definition) is 2. The Balaban J connectivity index is 1.42. The molecule has 1 aromatic heterocycles. The quantitative estimate of drug-likeness (QED) is 0.267. The molecule has 3 nitrogen and oxygen atoms in total. The fraction of sp³-hybridized carbons (Fsp3) is 0.222. The van der Waals surface area contributed by atoms with Gasteiger partial charge in [0.1, 0.15) is 0 Å². The monoisotopic (exact) mass is 428 g/mol. The summed E-state index contributed by atoms with van der Waals surface area (Å²) in [6.45, 7) is 7.13. The van der Waals surface area contributed by atoms with E-state index >= 15 is 0 Å². The number of rotatable bonds is 6. The van der Waals surface area contributed by atoms with Crippen molar-refractivity contribution in [2.24, 2.45) is 0 Å². The second-order valence-electron chi connectivity index (χ2n) is 8.67. The molecule has 4 rings (SSSR count). The van der Waals surface area contributed by atoms with Crippen molar-refractivity contribution < 1.29 is 4.79 Å². The molecule has 0 fully saturated rings. The molecule has 3 aromatic carbocycles. The average Bonchev–Trinajstić information content (AvgIpc) is 3.15. The number of benzene rings is 3. The van der Waals surface area contributed by atoms with Crippen LogP contribution in [0.5, 0.6) is 0 Å². The van der Waals surface area contributed by atoms with Crippen molar-refractivity contribution in [3.05, 3.63) is 90.0 Å². The summed E-state index contributed by atoms with van der Waals surface area (Å²) in [6, 6.07) is 26.7. The largest absolute Gasteiger partial charge is 0.354 e. The van der Waals surface area contributed by atoms with Crippen LogP contribution < -0.4 is 5.32 Å². The molecule has 1 heterocycles. The molecule has 158 valence electrons. The number of aromatic nitrogens is 1. The number of carbonyl (C=O) groups excluding carboxylic acids is 1. The number of carbonyl (C=O) groups is 1. The van der Waals surface area contributed by atoms with Gasteiger partial charge in [-0.25, -0.2) is 0 Å². The highest BCUT2D eigenvalue weighted by atomic mass is 32.2. The van der Waals surface area contributed by atoms with Gasteiger partial charge in [-0.3, -0.25) is 4.79 Å². The number of aromatic amines is 1. The molecule has 0 aliphatic rings. The average molecular weight is 429 g/mol. The number of thioether (sulfide) groups is 1. The predicted octanol–water partition coefficient (Wildman–Crippen LogP) is 6.65. The van der Waals surface area contributed by atoms with E-state index in [2.05, 4.69) is 73.5 Å². The molecule has 0 aliphatic heterocycles. The van der Waals surface area contributed by atoms with Crippen LogP contribution in [0.25, 0.3) is 22.2 Å². The van der Waals surface area contributed by atoms with E-state index < -0.39 is 0 Å². The lowest BCUT2D eigenvalue weighted by atomic mass is 9.87. The van der Waals surface area contributed by atoms with Gasteiger partial charge in [-0.2, -0.15) is 0 Å². The van der Waals surface area contributed by atoms with Crippen molar-refractivity contribution in [1.29, 1.82) is 0 Å². The summed E-state index contributed by atoms with van der Waals surface area (Å²) < 4.78 is 0. The van der Waals surface area contributed by atoms with E-state index in [1.54, 1.807) is 11.8 Å². The van der Waals surface area contributed by atoms with E-state index in [9.17, 15) is 4.79 Å². The van der Waals surface area contributed by atoms with Crippen LogP contribution in [0.2, 0.25) is 0 Å². The van der Waals surface area contributed by atoms with E-state index in [0.717, 1.165) is 17.0 Å². The molecule has 2 N–H and O–H groups in total. The number of amides is 1. The molecule has 1 amide bonds. The third-order valence-corrected chi connectivity index (χ3v) is 6.49. The lowest BCUT2D eigenvalue weighted by Crippen LogP contribution is -2.25. The van der Waals surface area contributed by atoms with Crippen LogP contribution in [0.4, 0.5) is 0 Å². The molecular formula is C27H28N2OS. The van der Waals surface area contributed by atoms with Crippen molar-refractivity contribution in [2.75, 3.05) is 12.3 Å². The molecule has 0 unspecified atom stereocenters. The Hall–Kier alpha value is -2.98. The van der Waals surface area contributed by atoms with Gasteiger partial charge in [0.2, 0.25) is 0 Å². The summed E-state index contributed by atoms with van der Waals surface area (Å²) >= 11 is 1.78. The first kappa shape index (κ1) is 21.3. The van der Waals surface area contributed by atoms with Gasteiger partial charge < -0.3 is 10.3 Å². The fourth-order valence-electron chi connectivity index (χ4n) is 3.62. The highest BCUT2D eigenvalue weighted by Crippen LogP contribution is 2.37. The van der Waals surface area contributed by atoms with Crippen LogP contribution >= 0.6 is 11.8 Å². The molecular weight excluding hydrogens is 400 g/mol. The van der Waals surface area contributed by atoms with Crippen LogP contribution in [0.3, 0.4) is 0 Å². The van der Waals surface area contributed by atoms with Crippen molar-refractivity contribution >= 4 is 28.6 Å². The van der Waals surface area contributed by atoms with Gasteiger partial charge in [0.15, 0.2) is 0 Å². The number of fused-ring (bicyclic) bond motifs is 1. The highest BCUT2D eigenvalue weighted by Gasteiger charge is 2.15. The summed E-state index contributed by atoms with van der Waals surface area (Å²) in [5, 5.41) is 4.27. The second kappa shape index (κ2) is 9.03. The Morgan fingerprint density at radius 3 is 2.29 bits per heavy atom. The van der Waals surface area contributed by atoms with Crippen molar-refractivity contribution in [3.63, 3.8) is 0 Å². The zero-order valence-corrected chi connectivity index (χ0v) is 19.1. The minimum absolute atomic E-state index is 0.0248. The lowest BCUT2D eigenvalue weighted by Gasteiger charge is -2.19. The highest BCUT2D eigenvalue weighted by molar-refractivity contribution is 7.99. The van der Waals surface area contributed by atoms with Crippen LogP contribution in [0.15, 0.2) is 83.8 Å². The number of H-pyrrole nitrogens is 1. The van der Waals surface area contributed by atoms with Crippen LogP contribution in [0.1, 0.15) is 36.7 Å². The van der Waals surface area contributed by atoms with Gasteiger partial charge in [-0.15, -0.1) is 11.8 Å². The molecule has 0 spiro atoms. The van der Waals surface area contributed by atoms with E-state index in [0.29, 0.717) is 12.1 Å².